The van der Waals surface area contributed by atoms with Crippen molar-refractivity contribution in [3.63, 3.8) is 0 Å². The molecule has 4 nitrogen and oxygen atoms in total. The zero-order valence-corrected chi connectivity index (χ0v) is 12.0. The molecule has 21 heavy (non-hydrogen) atoms. The van der Waals surface area contributed by atoms with Crippen molar-refractivity contribution in [1.82, 2.24) is 14.8 Å². The van der Waals surface area contributed by atoms with Crippen LogP contribution in [0.25, 0.3) is 10.2 Å². The van der Waals surface area contributed by atoms with Crippen molar-refractivity contribution in [2.75, 3.05) is 5.32 Å². The molecule has 0 aliphatic heterocycles. The maximum absolute atomic E-state index is 12.7. The Morgan fingerprint density at radius 1 is 1.29 bits per heavy atom. The van der Waals surface area contributed by atoms with Crippen molar-refractivity contribution in [2.45, 2.75) is 13.1 Å². The standard InChI is InChI=1S/C13H11F3N4S/c1-7-10(6-20(2)19-7)18-12-17-9-5-8(13(14,15)16)3-4-11(9)21-12/h3-6H,1-2H3,(H,17,18). The average molecular weight is 312 g/mol. The van der Waals surface area contributed by atoms with E-state index < -0.39 is 11.7 Å². The zero-order chi connectivity index (χ0) is 15.2. The minimum Gasteiger partial charge on any atom is -0.329 e. The van der Waals surface area contributed by atoms with Crippen LogP contribution in [0.1, 0.15) is 11.3 Å². The van der Waals surface area contributed by atoms with E-state index in [0.717, 1.165) is 23.5 Å². The topological polar surface area (TPSA) is 42.7 Å². The second-order valence-corrected chi connectivity index (χ2v) is 5.66. The molecular weight excluding hydrogens is 301 g/mol. The second kappa shape index (κ2) is 4.73. The highest BCUT2D eigenvalue weighted by atomic mass is 32.1. The van der Waals surface area contributed by atoms with Gasteiger partial charge in [-0.05, 0) is 25.1 Å². The van der Waals surface area contributed by atoms with Gasteiger partial charge in [-0.25, -0.2) is 4.98 Å². The number of halogens is 3. The Morgan fingerprint density at radius 3 is 2.67 bits per heavy atom. The first kappa shape index (κ1) is 13.9. The molecule has 0 amide bonds. The van der Waals surface area contributed by atoms with Crippen LogP contribution in [0.15, 0.2) is 24.4 Å². The van der Waals surface area contributed by atoms with Crippen LogP contribution in [0.4, 0.5) is 24.0 Å². The Kier molecular flexibility index (Phi) is 3.12. The minimum atomic E-state index is -4.36. The Balaban J connectivity index is 1.96. The van der Waals surface area contributed by atoms with Crippen LogP contribution in [0.2, 0.25) is 0 Å². The predicted molar refractivity (Wildman–Crippen MR) is 75.8 cm³/mol. The molecule has 1 N–H and O–H groups in total. The molecule has 3 rings (SSSR count). The van der Waals surface area contributed by atoms with E-state index in [1.165, 1.54) is 17.4 Å². The van der Waals surface area contributed by atoms with Gasteiger partial charge in [-0.3, -0.25) is 4.68 Å². The number of aromatic nitrogens is 3. The van der Waals surface area contributed by atoms with E-state index in [9.17, 15) is 13.2 Å². The van der Waals surface area contributed by atoms with Gasteiger partial charge >= 0.3 is 6.18 Å². The highest BCUT2D eigenvalue weighted by Crippen LogP contribution is 2.34. The molecule has 0 bridgehead atoms. The molecule has 2 heterocycles. The maximum atomic E-state index is 12.7. The molecule has 110 valence electrons. The molecule has 0 aliphatic rings. The molecular formula is C13H11F3N4S. The molecule has 0 saturated heterocycles. The molecule has 0 aliphatic carbocycles. The third kappa shape index (κ3) is 2.71. The summed E-state index contributed by atoms with van der Waals surface area (Å²) in [6.07, 6.45) is -2.56. The van der Waals surface area contributed by atoms with Gasteiger partial charge in [-0.2, -0.15) is 18.3 Å². The molecule has 0 fully saturated rings. The third-order valence-corrected chi connectivity index (χ3v) is 3.92. The molecule has 0 radical (unpaired) electrons. The second-order valence-electron chi connectivity index (χ2n) is 4.63. The van der Waals surface area contributed by atoms with E-state index in [2.05, 4.69) is 15.4 Å². The quantitative estimate of drug-likeness (QED) is 0.774. The summed E-state index contributed by atoms with van der Waals surface area (Å²) >= 11 is 1.30. The first-order valence-corrected chi connectivity index (χ1v) is 6.89. The Labute approximate surface area is 122 Å². The van der Waals surface area contributed by atoms with Crippen LogP contribution in [0.3, 0.4) is 0 Å². The first-order chi connectivity index (χ1) is 9.83. The van der Waals surface area contributed by atoms with Crippen molar-refractivity contribution < 1.29 is 13.2 Å². The molecule has 8 heteroatoms. The fraction of sp³-hybridized carbons (Fsp3) is 0.231. The lowest BCUT2D eigenvalue weighted by atomic mass is 10.2. The zero-order valence-electron chi connectivity index (χ0n) is 11.2. The van der Waals surface area contributed by atoms with Crippen LogP contribution < -0.4 is 5.32 Å². The summed E-state index contributed by atoms with van der Waals surface area (Å²) in [5.74, 6) is 0. The number of nitrogens with one attached hydrogen (secondary N) is 1. The summed E-state index contributed by atoms with van der Waals surface area (Å²) in [6.45, 7) is 1.84. The lowest BCUT2D eigenvalue weighted by Crippen LogP contribution is -2.03. The van der Waals surface area contributed by atoms with Crippen LogP contribution >= 0.6 is 11.3 Å². The van der Waals surface area contributed by atoms with Crippen LogP contribution in [-0.2, 0) is 13.2 Å². The number of benzene rings is 1. The van der Waals surface area contributed by atoms with Crippen LogP contribution in [0.5, 0.6) is 0 Å². The molecule has 0 atom stereocenters. The number of hydrogen-bond donors (Lipinski definition) is 1. The number of alkyl halides is 3. The van der Waals surface area contributed by atoms with Gasteiger partial charge in [0.05, 0.1) is 27.2 Å². The van der Waals surface area contributed by atoms with E-state index in [1.807, 2.05) is 6.92 Å². The van der Waals surface area contributed by atoms with Crippen molar-refractivity contribution in [3.8, 4) is 0 Å². The van der Waals surface area contributed by atoms with E-state index in [0.29, 0.717) is 15.3 Å². The molecule has 2 aromatic heterocycles. The van der Waals surface area contributed by atoms with Gasteiger partial charge in [0.25, 0.3) is 0 Å². The van der Waals surface area contributed by atoms with Crippen molar-refractivity contribution >= 4 is 32.4 Å². The number of nitrogens with zero attached hydrogens (tertiary/aromatic N) is 3. The fourth-order valence-electron chi connectivity index (χ4n) is 1.99. The highest BCUT2D eigenvalue weighted by Gasteiger charge is 2.30. The van der Waals surface area contributed by atoms with Gasteiger partial charge in [-0.1, -0.05) is 11.3 Å². The van der Waals surface area contributed by atoms with Crippen molar-refractivity contribution in [1.29, 1.82) is 0 Å². The average Bonchev–Trinajstić information content (AvgIpc) is 2.90. The fourth-order valence-corrected chi connectivity index (χ4v) is 2.85. The number of thiazole rings is 1. The molecule has 0 spiro atoms. The van der Waals surface area contributed by atoms with E-state index in [1.54, 1.807) is 17.9 Å². The van der Waals surface area contributed by atoms with Gasteiger partial charge in [-0.15, -0.1) is 0 Å². The number of hydrogen-bond acceptors (Lipinski definition) is 4. The summed E-state index contributed by atoms with van der Waals surface area (Å²) < 4.78 is 40.4. The monoisotopic (exact) mass is 312 g/mol. The van der Waals surface area contributed by atoms with E-state index in [4.69, 9.17) is 0 Å². The lowest BCUT2D eigenvalue weighted by molar-refractivity contribution is -0.137. The summed E-state index contributed by atoms with van der Waals surface area (Å²) in [5, 5.41) is 7.82. The molecule has 0 unspecified atom stereocenters. The van der Waals surface area contributed by atoms with Gasteiger partial charge < -0.3 is 5.32 Å². The smallest absolute Gasteiger partial charge is 0.329 e. The van der Waals surface area contributed by atoms with Crippen molar-refractivity contribution in [3.05, 3.63) is 35.7 Å². The van der Waals surface area contributed by atoms with Crippen molar-refractivity contribution in [2.24, 2.45) is 7.05 Å². The van der Waals surface area contributed by atoms with E-state index >= 15 is 0 Å². The molecule has 0 saturated carbocycles. The highest BCUT2D eigenvalue weighted by molar-refractivity contribution is 7.22. The maximum Gasteiger partial charge on any atom is 0.416 e. The summed E-state index contributed by atoms with van der Waals surface area (Å²) in [6, 6.07) is 3.57. The van der Waals surface area contributed by atoms with Gasteiger partial charge in [0.1, 0.15) is 0 Å². The first-order valence-electron chi connectivity index (χ1n) is 6.08. The van der Waals surface area contributed by atoms with Crippen LogP contribution in [0, 0.1) is 6.92 Å². The minimum absolute atomic E-state index is 0.332. The number of fused-ring (bicyclic) bond motifs is 1. The van der Waals surface area contributed by atoms with Gasteiger partial charge in [0.15, 0.2) is 5.13 Å². The number of aryl methyl sites for hydroxylation is 2. The molecule has 1 aromatic carbocycles. The Hall–Kier alpha value is -2.09. The largest absolute Gasteiger partial charge is 0.416 e. The lowest BCUT2D eigenvalue weighted by Gasteiger charge is -2.04. The summed E-state index contributed by atoms with van der Waals surface area (Å²) in [4.78, 5) is 4.20. The van der Waals surface area contributed by atoms with Crippen LogP contribution in [-0.4, -0.2) is 14.8 Å². The predicted octanol–water partition coefficient (Wildman–Crippen LogP) is 4.10. The Morgan fingerprint density at radius 2 is 2.05 bits per heavy atom. The van der Waals surface area contributed by atoms with E-state index in [-0.39, 0.29) is 0 Å². The van der Waals surface area contributed by atoms with Gasteiger partial charge in [0, 0.05) is 13.2 Å². The Bertz CT molecular complexity index is 803. The SMILES string of the molecule is Cc1nn(C)cc1Nc1nc2cc(C(F)(F)F)ccc2s1. The molecule has 3 aromatic rings. The van der Waals surface area contributed by atoms with Gasteiger partial charge in [0.2, 0.25) is 0 Å². The summed E-state index contributed by atoms with van der Waals surface area (Å²) in [5.41, 5.74) is 1.23. The third-order valence-electron chi connectivity index (χ3n) is 2.97. The summed E-state index contributed by atoms with van der Waals surface area (Å²) in [7, 11) is 1.80. The number of anilines is 2. The normalized spacial score (nSPS) is 12.0. The number of rotatable bonds is 2.